The summed E-state index contributed by atoms with van der Waals surface area (Å²) in [5, 5.41) is 2.61. The molecule has 1 heterocycles. The van der Waals surface area contributed by atoms with E-state index in [0.29, 0.717) is 17.1 Å². The van der Waals surface area contributed by atoms with E-state index in [9.17, 15) is 18.8 Å². The topological polar surface area (TPSA) is 79.0 Å². The molecule has 4 amide bonds. The highest BCUT2D eigenvalue weighted by Crippen LogP contribution is 2.29. The summed E-state index contributed by atoms with van der Waals surface area (Å²) in [6.45, 7) is 3.73. The highest BCUT2D eigenvalue weighted by Gasteiger charge is 2.46. The van der Waals surface area contributed by atoms with Gasteiger partial charge in [-0.15, -0.1) is 6.58 Å². The quantitative estimate of drug-likeness (QED) is 0.575. The van der Waals surface area contributed by atoms with Crippen molar-refractivity contribution in [1.29, 1.82) is 0 Å². The maximum absolute atomic E-state index is 13.0. The molecule has 2 aromatic carbocycles. The Kier molecular flexibility index (Phi) is 5.92. The maximum Gasteiger partial charge on any atom is 0.332 e. The number of nitrogens with one attached hydrogen (secondary N) is 1. The lowest BCUT2D eigenvalue weighted by Crippen LogP contribution is -2.38. The zero-order chi connectivity index (χ0) is 21.0. The Morgan fingerprint density at radius 1 is 1.24 bits per heavy atom. The largest absolute Gasteiger partial charge is 0.497 e. The molecule has 1 aliphatic heterocycles. The predicted molar refractivity (Wildman–Crippen MR) is 106 cm³/mol. The molecule has 0 radical (unpaired) electrons. The molecule has 0 bridgehead atoms. The first-order valence-electron chi connectivity index (χ1n) is 8.89. The maximum atomic E-state index is 13.0. The smallest absolute Gasteiger partial charge is 0.332 e. The average Bonchev–Trinajstić information content (AvgIpc) is 2.94. The molecule has 8 heteroatoms. The standard InChI is InChI=1S/C21H20FN3O4/c1-3-11-24-18(13-19(26)23-15-9-7-14(22)8-10-15)20(27)25(21(24)28)16-5-4-6-17(12-16)29-2/h3-10,12,18H,1,11,13H2,2H3,(H,23,26)/t18-/m0/s1. The Morgan fingerprint density at radius 2 is 1.97 bits per heavy atom. The van der Waals surface area contributed by atoms with Gasteiger partial charge in [-0.05, 0) is 36.4 Å². The highest BCUT2D eigenvalue weighted by atomic mass is 19.1. The molecule has 150 valence electrons. The van der Waals surface area contributed by atoms with E-state index in [-0.39, 0.29) is 13.0 Å². The van der Waals surface area contributed by atoms with Crippen LogP contribution in [-0.2, 0) is 9.59 Å². The van der Waals surface area contributed by atoms with Crippen LogP contribution in [0.5, 0.6) is 5.75 Å². The summed E-state index contributed by atoms with van der Waals surface area (Å²) in [4.78, 5) is 40.6. The first-order chi connectivity index (χ1) is 13.9. The van der Waals surface area contributed by atoms with Crippen molar-refractivity contribution in [2.75, 3.05) is 23.9 Å². The van der Waals surface area contributed by atoms with Crippen molar-refractivity contribution in [1.82, 2.24) is 4.90 Å². The number of halogens is 1. The Labute approximate surface area is 167 Å². The number of ether oxygens (including phenoxy) is 1. The molecule has 2 aromatic rings. The van der Waals surface area contributed by atoms with Crippen molar-refractivity contribution in [3.8, 4) is 5.75 Å². The molecule has 0 spiro atoms. The number of rotatable bonds is 7. The van der Waals surface area contributed by atoms with Gasteiger partial charge in [0.2, 0.25) is 5.91 Å². The summed E-state index contributed by atoms with van der Waals surface area (Å²) in [5.41, 5.74) is 0.753. The van der Waals surface area contributed by atoms with Crippen molar-refractivity contribution in [3.05, 3.63) is 67.0 Å². The van der Waals surface area contributed by atoms with Crippen LogP contribution in [0.1, 0.15) is 6.42 Å². The van der Waals surface area contributed by atoms with Gasteiger partial charge in [-0.1, -0.05) is 12.1 Å². The molecule has 1 N–H and O–H groups in total. The number of methoxy groups -OCH3 is 1. The van der Waals surface area contributed by atoms with Gasteiger partial charge >= 0.3 is 6.03 Å². The van der Waals surface area contributed by atoms with Crippen LogP contribution in [0.15, 0.2) is 61.2 Å². The summed E-state index contributed by atoms with van der Waals surface area (Å²) in [5.74, 6) is -0.912. The molecular formula is C21H20FN3O4. The lowest BCUT2D eigenvalue weighted by molar-refractivity contribution is -0.124. The van der Waals surface area contributed by atoms with Crippen molar-refractivity contribution < 1.29 is 23.5 Å². The average molecular weight is 397 g/mol. The number of carbonyl (C=O) groups is 3. The van der Waals surface area contributed by atoms with Crippen LogP contribution in [0.3, 0.4) is 0 Å². The Bertz CT molecular complexity index is 945. The van der Waals surface area contributed by atoms with Crippen molar-refractivity contribution >= 4 is 29.2 Å². The number of imide groups is 1. The fourth-order valence-electron chi connectivity index (χ4n) is 3.09. The van der Waals surface area contributed by atoms with E-state index in [4.69, 9.17) is 4.74 Å². The van der Waals surface area contributed by atoms with E-state index in [1.807, 2.05) is 0 Å². The van der Waals surface area contributed by atoms with Gasteiger partial charge in [0, 0.05) is 18.3 Å². The minimum Gasteiger partial charge on any atom is -0.497 e. The number of nitrogens with zero attached hydrogens (tertiary/aromatic N) is 2. The summed E-state index contributed by atoms with van der Waals surface area (Å²) in [6, 6.07) is 10.3. The molecule has 3 rings (SSSR count). The van der Waals surface area contributed by atoms with E-state index in [1.165, 1.54) is 42.4 Å². The normalized spacial score (nSPS) is 16.1. The fourth-order valence-corrected chi connectivity index (χ4v) is 3.09. The summed E-state index contributed by atoms with van der Waals surface area (Å²) in [7, 11) is 1.49. The number of urea groups is 1. The van der Waals surface area contributed by atoms with Gasteiger partial charge in [0.15, 0.2) is 0 Å². The fraction of sp³-hybridized carbons (Fsp3) is 0.190. The van der Waals surface area contributed by atoms with Crippen molar-refractivity contribution in [2.24, 2.45) is 0 Å². The third kappa shape index (κ3) is 4.26. The van der Waals surface area contributed by atoms with Gasteiger partial charge in [-0.3, -0.25) is 9.59 Å². The molecule has 1 aliphatic rings. The van der Waals surface area contributed by atoms with Gasteiger partial charge < -0.3 is 15.0 Å². The Balaban J connectivity index is 1.81. The van der Waals surface area contributed by atoms with Gasteiger partial charge in [0.05, 0.1) is 19.2 Å². The van der Waals surface area contributed by atoms with Crippen LogP contribution >= 0.6 is 0 Å². The second-order valence-corrected chi connectivity index (χ2v) is 6.37. The van der Waals surface area contributed by atoms with Crippen LogP contribution in [0.4, 0.5) is 20.6 Å². The molecular weight excluding hydrogens is 377 g/mol. The first kappa shape index (κ1) is 20.1. The molecule has 0 aromatic heterocycles. The molecule has 29 heavy (non-hydrogen) atoms. The number of amides is 4. The highest BCUT2D eigenvalue weighted by molar-refractivity contribution is 6.22. The van der Waals surface area contributed by atoms with E-state index >= 15 is 0 Å². The van der Waals surface area contributed by atoms with Gasteiger partial charge in [0.1, 0.15) is 17.6 Å². The predicted octanol–water partition coefficient (Wildman–Crippen LogP) is 3.19. The zero-order valence-electron chi connectivity index (χ0n) is 15.8. The first-order valence-corrected chi connectivity index (χ1v) is 8.89. The lowest BCUT2D eigenvalue weighted by Gasteiger charge is -2.19. The molecule has 1 fully saturated rings. The zero-order valence-corrected chi connectivity index (χ0v) is 15.8. The summed E-state index contributed by atoms with van der Waals surface area (Å²) < 4.78 is 18.2. The second kappa shape index (κ2) is 8.55. The molecule has 0 saturated carbocycles. The van der Waals surface area contributed by atoms with Crippen molar-refractivity contribution in [3.63, 3.8) is 0 Å². The number of carbonyl (C=O) groups excluding carboxylic acids is 3. The minimum atomic E-state index is -0.979. The molecule has 1 atom stereocenters. The van der Waals surface area contributed by atoms with Gasteiger partial charge in [-0.2, -0.15) is 0 Å². The molecule has 7 nitrogen and oxygen atoms in total. The number of hydrogen-bond acceptors (Lipinski definition) is 4. The summed E-state index contributed by atoms with van der Waals surface area (Å²) >= 11 is 0. The lowest BCUT2D eigenvalue weighted by atomic mass is 10.1. The van der Waals surface area contributed by atoms with E-state index in [2.05, 4.69) is 11.9 Å². The van der Waals surface area contributed by atoms with Crippen molar-refractivity contribution in [2.45, 2.75) is 12.5 Å². The number of anilines is 2. The van der Waals surface area contributed by atoms with E-state index in [0.717, 1.165) is 4.90 Å². The number of benzene rings is 2. The van der Waals surface area contributed by atoms with Crippen LogP contribution < -0.4 is 15.0 Å². The minimum absolute atomic E-state index is 0.111. The van der Waals surface area contributed by atoms with Gasteiger partial charge in [-0.25, -0.2) is 14.1 Å². The third-order valence-electron chi connectivity index (χ3n) is 4.46. The van der Waals surface area contributed by atoms with Crippen LogP contribution in [0.2, 0.25) is 0 Å². The van der Waals surface area contributed by atoms with Crippen LogP contribution in [0.25, 0.3) is 0 Å². The molecule has 0 unspecified atom stereocenters. The monoisotopic (exact) mass is 397 g/mol. The number of hydrogen-bond donors (Lipinski definition) is 1. The SMILES string of the molecule is C=CCN1C(=O)N(c2cccc(OC)c2)C(=O)[C@@H]1CC(=O)Nc1ccc(F)cc1. The molecule has 1 saturated heterocycles. The van der Waals surface area contributed by atoms with Gasteiger partial charge in [0.25, 0.3) is 5.91 Å². The van der Waals surface area contributed by atoms with Crippen LogP contribution in [0, 0.1) is 5.82 Å². The summed E-state index contributed by atoms with van der Waals surface area (Å²) in [6.07, 6.45) is 1.25. The Morgan fingerprint density at radius 3 is 2.62 bits per heavy atom. The Hall–Kier alpha value is -3.68. The molecule has 0 aliphatic carbocycles. The van der Waals surface area contributed by atoms with Crippen LogP contribution in [-0.4, -0.2) is 42.4 Å². The van der Waals surface area contributed by atoms with E-state index in [1.54, 1.807) is 24.3 Å². The van der Waals surface area contributed by atoms with E-state index < -0.39 is 29.7 Å². The second-order valence-electron chi connectivity index (χ2n) is 6.37. The third-order valence-corrected chi connectivity index (χ3v) is 4.46.